The van der Waals surface area contributed by atoms with Gasteiger partial charge in [0.1, 0.15) is 5.01 Å². The van der Waals surface area contributed by atoms with Crippen molar-refractivity contribution >= 4 is 17.2 Å². The average Bonchev–Trinajstić information content (AvgIpc) is 2.73. The highest BCUT2D eigenvalue weighted by molar-refractivity contribution is 7.09. The second-order valence-electron chi connectivity index (χ2n) is 4.10. The number of hydrogen-bond donors (Lipinski definition) is 2. The summed E-state index contributed by atoms with van der Waals surface area (Å²) >= 11 is 1.59. The van der Waals surface area contributed by atoms with Gasteiger partial charge in [-0.25, -0.2) is 4.98 Å². The van der Waals surface area contributed by atoms with Crippen LogP contribution in [-0.2, 0) is 11.3 Å². The smallest absolute Gasteiger partial charge is 0.237 e. The molecule has 5 heteroatoms. The van der Waals surface area contributed by atoms with Crippen molar-refractivity contribution in [1.82, 2.24) is 15.6 Å². The van der Waals surface area contributed by atoms with E-state index in [1.54, 1.807) is 11.3 Å². The Hall–Kier alpha value is -0.940. The normalized spacial score (nSPS) is 20.7. The molecule has 16 heavy (non-hydrogen) atoms. The number of carbonyl (C=O) groups excluding carboxylic acids is 1. The van der Waals surface area contributed by atoms with Gasteiger partial charge in [0, 0.05) is 11.1 Å². The third kappa shape index (κ3) is 3.02. The van der Waals surface area contributed by atoms with Gasteiger partial charge in [-0.15, -0.1) is 11.3 Å². The van der Waals surface area contributed by atoms with Crippen molar-refractivity contribution in [2.75, 3.05) is 6.54 Å². The zero-order chi connectivity index (χ0) is 11.4. The van der Waals surface area contributed by atoms with E-state index in [0.29, 0.717) is 6.54 Å². The molecule has 1 aromatic rings. The van der Waals surface area contributed by atoms with Gasteiger partial charge in [0.05, 0.1) is 12.6 Å². The van der Waals surface area contributed by atoms with Crippen LogP contribution in [0.25, 0.3) is 0 Å². The summed E-state index contributed by atoms with van der Waals surface area (Å²) in [5.41, 5.74) is 1.02. The van der Waals surface area contributed by atoms with Crippen LogP contribution in [0.5, 0.6) is 0 Å². The lowest BCUT2D eigenvalue weighted by molar-refractivity contribution is -0.123. The SMILES string of the molecule is Cc1csc(CNC(=O)[C@@H]2CCCCN2)n1. The van der Waals surface area contributed by atoms with Crippen LogP contribution < -0.4 is 10.6 Å². The summed E-state index contributed by atoms with van der Waals surface area (Å²) in [6, 6.07) is -0.00481. The molecule has 1 amide bonds. The van der Waals surface area contributed by atoms with Gasteiger partial charge < -0.3 is 10.6 Å². The number of hydrogen-bond acceptors (Lipinski definition) is 4. The summed E-state index contributed by atoms with van der Waals surface area (Å²) < 4.78 is 0. The first-order valence-corrected chi connectivity index (χ1v) is 6.56. The van der Waals surface area contributed by atoms with Crippen LogP contribution in [-0.4, -0.2) is 23.5 Å². The van der Waals surface area contributed by atoms with Crippen molar-refractivity contribution < 1.29 is 4.79 Å². The highest BCUT2D eigenvalue weighted by atomic mass is 32.1. The van der Waals surface area contributed by atoms with Crippen LogP contribution in [0.3, 0.4) is 0 Å². The molecule has 1 fully saturated rings. The van der Waals surface area contributed by atoms with Crippen molar-refractivity contribution in [3.63, 3.8) is 0 Å². The molecule has 1 aliphatic rings. The number of rotatable bonds is 3. The first-order chi connectivity index (χ1) is 7.75. The van der Waals surface area contributed by atoms with Gasteiger partial charge in [-0.05, 0) is 26.3 Å². The van der Waals surface area contributed by atoms with Crippen LogP contribution in [0.15, 0.2) is 5.38 Å². The molecule has 0 bridgehead atoms. The summed E-state index contributed by atoms with van der Waals surface area (Å²) in [6.07, 6.45) is 3.26. The van der Waals surface area contributed by atoms with Crippen molar-refractivity contribution in [3.8, 4) is 0 Å². The number of carbonyl (C=O) groups is 1. The average molecular weight is 239 g/mol. The molecule has 2 N–H and O–H groups in total. The van der Waals surface area contributed by atoms with Crippen LogP contribution in [0.4, 0.5) is 0 Å². The molecule has 0 radical (unpaired) electrons. The predicted octanol–water partition coefficient (Wildman–Crippen LogP) is 1.21. The van der Waals surface area contributed by atoms with E-state index in [9.17, 15) is 4.79 Å². The highest BCUT2D eigenvalue weighted by Crippen LogP contribution is 2.09. The van der Waals surface area contributed by atoms with Gasteiger partial charge in [0.25, 0.3) is 0 Å². The van der Waals surface area contributed by atoms with Gasteiger partial charge >= 0.3 is 0 Å². The zero-order valence-electron chi connectivity index (χ0n) is 9.45. The van der Waals surface area contributed by atoms with Crippen molar-refractivity contribution in [2.45, 2.75) is 38.8 Å². The number of aromatic nitrogens is 1. The molecule has 0 unspecified atom stereocenters. The number of aryl methyl sites for hydroxylation is 1. The van der Waals surface area contributed by atoms with Crippen molar-refractivity contribution in [1.29, 1.82) is 0 Å². The maximum absolute atomic E-state index is 11.8. The third-order valence-electron chi connectivity index (χ3n) is 2.71. The van der Waals surface area contributed by atoms with E-state index >= 15 is 0 Å². The number of nitrogens with zero attached hydrogens (tertiary/aromatic N) is 1. The minimum Gasteiger partial charge on any atom is -0.348 e. The zero-order valence-corrected chi connectivity index (χ0v) is 10.3. The lowest BCUT2D eigenvalue weighted by atomic mass is 10.0. The summed E-state index contributed by atoms with van der Waals surface area (Å²) in [5, 5.41) is 9.13. The molecule has 2 heterocycles. The first kappa shape index (κ1) is 11.5. The van der Waals surface area contributed by atoms with E-state index in [1.165, 1.54) is 6.42 Å². The van der Waals surface area contributed by atoms with Crippen molar-refractivity contribution in [2.24, 2.45) is 0 Å². The number of thiazole rings is 1. The molecular formula is C11H17N3OS. The number of amides is 1. The topological polar surface area (TPSA) is 54.0 Å². The van der Waals surface area contributed by atoms with E-state index in [2.05, 4.69) is 15.6 Å². The van der Waals surface area contributed by atoms with Gasteiger partial charge in [-0.3, -0.25) is 4.79 Å². The number of piperidine rings is 1. The molecule has 1 aromatic heterocycles. The highest BCUT2D eigenvalue weighted by Gasteiger charge is 2.19. The lowest BCUT2D eigenvalue weighted by Gasteiger charge is -2.22. The minimum atomic E-state index is -0.00481. The quantitative estimate of drug-likeness (QED) is 0.833. The maximum Gasteiger partial charge on any atom is 0.237 e. The second-order valence-corrected chi connectivity index (χ2v) is 5.05. The van der Waals surface area contributed by atoms with E-state index in [4.69, 9.17) is 0 Å². The Morgan fingerprint density at radius 2 is 2.56 bits per heavy atom. The van der Waals surface area contributed by atoms with Crippen molar-refractivity contribution in [3.05, 3.63) is 16.1 Å². The Morgan fingerprint density at radius 1 is 1.69 bits per heavy atom. The summed E-state index contributed by atoms with van der Waals surface area (Å²) in [5.74, 6) is 0.104. The molecular weight excluding hydrogens is 222 g/mol. The minimum absolute atomic E-state index is 0.00481. The van der Waals surface area contributed by atoms with E-state index in [0.717, 1.165) is 30.1 Å². The van der Waals surface area contributed by atoms with Crippen LogP contribution in [0, 0.1) is 6.92 Å². The summed E-state index contributed by atoms with van der Waals surface area (Å²) in [4.78, 5) is 16.1. The molecule has 1 aliphatic heterocycles. The molecule has 1 saturated heterocycles. The summed E-state index contributed by atoms with van der Waals surface area (Å²) in [6.45, 7) is 3.47. The van der Waals surface area contributed by atoms with Crippen LogP contribution in [0.2, 0.25) is 0 Å². The van der Waals surface area contributed by atoms with E-state index in [-0.39, 0.29) is 11.9 Å². The Labute approximate surface area is 99.5 Å². The van der Waals surface area contributed by atoms with Gasteiger partial charge in [-0.1, -0.05) is 6.42 Å². The molecule has 0 saturated carbocycles. The Balaban J connectivity index is 1.78. The Bertz CT molecular complexity index is 358. The van der Waals surface area contributed by atoms with Gasteiger partial charge in [-0.2, -0.15) is 0 Å². The second kappa shape index (κ2) is 5.41. The molecule has 1 atom stereocenters. The fourth-order valence-electron chi connectivity index (χ4n) is 1.85. The van der Waals surface area contributed by atoms with Gasteiger partial charge in [0.2, 0.25) is 5.91 Å². The fourth-order valence-corrected chi connectivity index (χ4v) is 2.56. The Kier molecular flexibility index (Phi) is 3.90. The maximum atomic E-state index is 11.8. The third-order valence-corrected chi connectivity index (χ3v) is 3.67. The monoisotopic (exact) mass is 239 g/mol. The molecule has 2 rings (SSSR count). The predicted molar refractivity (Wildman–Crippen MR) is 64.3 cm³/mol. The van der Waals surface area contributed by atoms with Crippen LogP contribution >= 0.6 is 11.3 Å². The molecule has 0 spiro atoms. The molecule has 0 aromatic carbocycles. The number of nitrogens with one attached hydrogen (secondary N) is 2. The molecule has 88 valence electrons. The standard InChI is InChI=1S/C11H17N3OS/c1-8-7-16-10(14-8)6-13-11(15)9-4-2-3-5-12-9/h7,9,12H,2-6H2,1H3,(H,13,15)/t9-/m0/s1. The summed E-state index contributed by atoms with van der Waals surface area (Å²) in [7, 11) is 0. The lowest BCUT2D eigenvalue weighted by Crippen LogP contribution is -2.46. The van der Waals surface area contributed by atoms with E-state index < -0.39 is 0 Å². The Morgan fingerprint density at radius 3 is 3.19 bits per heavy atom. The van der Waals surface area contributed by atoms with Gasteiger partial charge in [0.15, 0.2) is 0 Å². The molecule has 4 nitrogen and oxygen atoms in total. The first-order valence-electron chi connectivity index (χ1n) is 5.68. The molecule has 0 aliphatic carbocycles. The fraction of sp³-hybridized carbons (Fsp3) is 0.636. The largest absolute Gasteiger partial charge is 0.348 e. The van der Waals surface area contributed by atoms with E-state index in [1.807, 2.05) is 12.3 Å². The van der Waals surface area contributed by atoms with Crippen LogP contribution in [0.1, 0.15) is 30.0 Å².